The summed E-state index contributed by atoms with van der Waals surface area (Å²) in [5, 5.41) is 56.2. The highest BCUT2D eigenvalue weighted by Crippen LogP contribution is 2.31. The number of ether oxygens (including phenoxy) is 1. The van der Waals surface area contributed by atoms with Crippen LogP contribution in [-0.4, -0.2) is 101 Å². The zero-order valence-electron chi connectivity index (χ0n) is 23.5. The molecule has 1 unspecified atom stereocenters. The molecule has 0 spiro atoms. The number of carbonyl (C=O) groups excluding carboxylic acids is 3. The van der Waals surface area contributed by atoms with Crippen molar-refractivity contribution in [3.05, 3.63) is 46.4 Å². The molecule has 10 N–H and O–H groups in total. The molecule has 0 bridgehead atoms. The number of aromatic nitrogens is 3. The highest BCUT2D eigenvalue weighted by molar-refractivity contribution is 5.92. The minimum absolute atomic E-state index is 0.0177. The molecule has 17 nitrogen and oxygen atoms in total. The zero-order chi connectivity index (χ0) is 32.2. The Kier molecular flexibility index (Phi) is 10.8. The van der Waals surface area contributed by atoms with Crippen LogP contribution in [0.2, 0.25) is 0 Å². The van der Waals surface area contributed by atoms with E-state index in [0.717, 1.165) is 17.0 Å². The highest BCUT2D eigenvalue weighted by Gasteiger charge is 2.51. The van der Waals surface area contributed by atoms with Gasteiger partial charge in [-0.25, -0.2) is 9.59 Å². The number of rotatable bonds is 13. The van der Waals surface area contributed by atoms with Crippen LogP contribution in [0.25, 0.3) is 0 Å². The lowest BCUT2D eigenvalue weighted by Crippen LogP contribution is -2.60. The van der Waals surface area contributed by atoms with Crippen LogP contribution in [0.3, 0.4) is 0 Å². The number of carboxylic acid groups (broad SMARTS) is 1. The van der Waals surface area contributed by atoms with Crippen molar-refractivity contribution < 1.29 is 49.4 Å². The van der Waals surface area contributed by atoms with Gasteiger partial charge in [0.2, 0.25) is 11.8 Å². The number of aliphatic hydroxyl groups excluding tert-OH is 3. The van der Waals surface area contributed by atoms with Crippen LogP contribution in [0.5, 0.6) is 5.75 Å². The van der Waals surface area contributed by atoms with E-state index in [1.54, 1.807) is 0 Å². The molecule has 3 heterocycles. The quantitative estimate of drug-likeness (QED) is 0.107. The number of aromatic amines is 1. The van der Waals surface area contributed by atoms with Gasteiger partial charge in [0, 0.05) is 12.1 Å². The molecule has 1 aliphatic heterocycles. The summed E-state index contributed by atoms with van der Waals surface area (Å²) < 4.78 is 6.26. The first-order chi connectivity index (χ1) is 20.2. The lowest BCUT2D eigenvalue weighted by Gasteiger charge is -2.31. The summed E-state index contributed by atoms with van der Waals surface area (Å²) in [6.45, 7) is 5.04. The van der Waals surface area contributed by atoms with E-state index in [9.17, 15) is 49.5 Å². The maximum absolute atomic E-state index is 13.6. The van der Waals surface area contributed by atoms with E-state index in [1.807, 2.05) is 13.8 Å². The number of aliphatic carboxylic acids is 1. The number of carboxylic acids is 1. The molecular formula is C26H36N6O11. The maximum Gasteiger partial charge on any atom is 0.329 e. The molecule has 2 amide bonds. The summed E-state index contributed by atoms with van der Waals surface area (Å²) in [6, 6.07) is -2.13. The number of aromatic hydroxyl groups is 1. The standard InChI is InChI=1S/C26H36N6O11/c1-10(2)6-14(27)22(38)30-16(11(3)18(35)15-5-4-13(34)7-28-15)23(39)31-17(25(40)41)21-19(36)20(37)24(43-21)32-8-12(9-33)29-26(32)42/h4-5,7-11,14,16-21,24,34-37H,6,27H2,1-3H3,(H,29,42)(H,30,38)(H,31,39)(H,40,41)/t11-,14-,16-,17-,18-,19-,20+,21+,24?/m0/s1. The molecule has 0 radical (unpaired) electrons. The van der Waals surface area contributed by atoms with E-state index in [1.165, 1.54) is 19.1 Å². The van der Waals surface area contributed by atoms with Gasteiger partial charge in [0.05, 0.1) is 23.6 Å². The average molecular weight is 609 g/mol. The third-order valence-corrected chi connectivity index (χ3v) is 7.07. The Balaban J connectivity index is 1.89. The van der Waals surface area contributed by atoms with E-state index in [2.05, 4.69) is 20.6 Å². The van der Waals surface area contributed by atoms with Gasteiger partial charge in [-0.2, -0.15) is 0 Å². The monoisotopic (exact) mass is 608 g/mol. The molecule has 9 atom stereocenters. The Hall–Kier alpha value is -4.16. The molecule has 1 aliphatic rings. The fraction of sp³-hybridized carbons (Fsp3) is 0.538. The van der Waals surface area contributed by atoms with Gasteiger partial charge in [-0.15, -0.1) is 0 Å². The first kappa shape index (κ1) is 33.3. The summed E-state index contributed by atoms with van der Waals surface area (Å²) in [6.07, 6.45) is -6.06. The van der Waals surface area contributed by atoms with Crippen LogP contribution >= 0.6 is 0 Å². The Morgan fingerprint density at radius 1 is 1.16 bits per heavy atom. The SMILES string of the molecule is CC(C)C[C@H](N)C(=O)N[C@H](C(=O)N[C@H](C(=O)O)[C@H]1OC(n2cc(C=O)[nH]c2=O)[C@H](O)[C@@H]1O)[C@H](C)[C@H](O)c1ccc(O)cn1. The summed E-state index contributed by atoms with van der Waals surface area (Å²) >= 11 is 0. The number of amides is 2. The topological polar surface area (TPSA) is 279 Å². The van der Waals surface area contributed by atoms with Crippen LogP contribution < -0.4 is 22.1 Å². The average Bonchev–Trinajstić information content (AvgIpc) is 3.47. The van der Waals surface area contributed by atoms with Crippen molar-refractivity contribution in [2.45, 2.75) is 76.0 Å². The number of H-pyrrole nitrogens is 1. The van der Waals surface area contributed by atoms with Crippen LogP contribution in [0, 0.1) is 11.8 Å². The van der Waals surface area contributed by atoms with E-state index in [0.29, 0.717) is 6.29 Å². The fourth-order valence-electron chi connectivity index (χ4n) is 4.73. The molecule has 0 saturated carbocycles. The van der Waals surface area contributed by atoms with E-state index < -0.39 is 78.2 Å². The van der Waals surface area contributed by atoms with Crippen LogP contribution in [0.1, 0.15) is 55.7 Å². The molecule has 2 aromatic rings. The fourth-order valence-corrected chi connectivity index (χ4v) is 4.73. The zero-order valence-corrected chi connectivity index (χ0v) is 23.5. The van der Waals surface area contributed by atoms with Crippen LogP contribution in [-0.2, 0) is 19.1 Å². The van der Waals surface area contributed by atoms with Crippen molar-refractivity contribution in [2.24, 2.45) is 17.6 Å². The van der Waals surface area contributed by atoms with Gasteiger partial charge in [-0.3, -0.25) is 23.9 Å². The summed E-state index contributed by atoms with van der Waals surface area (Å²) in [7, 11) is 0. The van der Waals surface area contributed by atoms with Crippen molar-refractivity contribution in [3.63, 3.8) is 0 Å². The largest absolute Gasteiger partial charge is 0.506 e. The molecular weight excluding hydrogens is 572 g/mol. The Morgan fingerprint density at radius 2 is 1.84 bits per heavy atom. The van der Waals surface area contributed by atoms with Crippen LogP contribution in [0.4, 0.5) is 0 Å². The summed E-state index contributed by atoms with van der Waals surface area (Å²) in [5.74, 6) is -4.88. The molecule has 1 fully saturated rings. The van der Waals surface area contributed by atoms with Crippen molar-refractivity contribution in [1.29, 1.82) is 0 Å². The van der Waals surface area contributed by atoms with Gasteiger partial charge < -0.3 is 51.6 Å². The Morgan fingerprint density at radius 3 is 2.37 bits per heavy atom. The smallest absolute Gasteiger partial charge is 0.329 e. The molecule has 2 aromatic heterocycles. The second-order valence-corrected chi connectivity index (χ2v) is 10.8. The Labute approximate surface area is 244 Å². The lowest BCUT2D eigenvalue weighted by molar-refractivity contribution is -0.150. The summed E-state index contributed by atoms with van der Waals surface area (Å²) in [4.78, 5) is 68.1. The van der Waals surface area contributed by atoms with Crippen molar-refractivity contribution in [1.82, 2.24) is 25.2 Å². The minimum atomic E-state index is -2.03. The van der Waals surface area contributed by atoms with Gasteiger partial charge in [0.25, 0.3) is 0 Å². The number of aldehydes is 1. The van der Waals surface area contributed by atoms with Gasteiger partial charge in [-0.05, 0) is 24.5 Å². The normalized spacial score (nSPS) is 23.6. The number of nitrogens with two attached hydrogens (primary N) is 1. The van der Waals surface area contributed by atoms with Gasteiger partial charge in [-0.1, -0.05) is 20.8 Å². The number of nitrogens with zero attached hydrogens (tertiary/aromatic N) is 2. The Bertz CT molecular complexity index is 1360. The third kappa shape index (κ3) is 7.63. The number of pyridine rings is 1. The molecule has 0 aromatic carbocycles. The van der Waals surface area contributed by atoms with E-state index in [-0.39, 0.29) is 29.5 Å². The minimum Gasteiger partial charge on any atom is -0.506 e. The van der Waals surface area contributed by atoms with E-state index >= 15 is 0 Å². The van der Waals surface area contributed by atoms with E-state index in [4.69, 9.17) is 10.5 Å². The summed E-state index contributed by atoms with van der Waals surface area (Å²) in [5.41, 5.74) is 4.95. The van der Waals surface area contributed by atoms with Crippen LogP contribution in [0.15, 0.2) is 29.3 Å². The number of imidazole rings is 1. The molecule has 3 rings (SSSR count). The maximum atomic E-state index is 13.6. The van der Waals surface area contributed by atoms with Gasteiger partial charge in [0.15, 0.2) is 18.6 Å². The second-order valence-electron chi connectivity index (χ2n) is 10.8. The number of carbonyl (C=O) groups is 4. The molecule has 17 heteroatoms. The predicted octanol–water partition coefficient (Wildman–Crippen LogP) is -2.49. The van der Waals surface area contributed by atoms with Crippen molar-refractivity contribution >= 4 is 24.1 Å². The third-order valence-electron chi connectivity index (χ3n) is 7.07. The molecule has 0 aliphatic carbocycles. The second kappa shape index (κ2) is 13.9. The number of hydrogen-bond acceptors (Lipinski definition) is 12. The first-order valence-corrected chi connectivity index (χ1v) is 13.4. The molecule has 236 valence electrons. The lowest BCUT2D eigenvalue weighted by atomic mass is 9.91. The van der Waals surface area contributed by atoms with Gasteiger partial charge in [0.1, 0.15) is 36.2 Å². The van der Waals surface area contributed by atoms with Crippen molar-refractivity contribution in [3.8, 4) is 5.75 Å². The first-order valence-electron chi connectivity index (χ1n) is 13.4. The number of aliphatic hydroxyl groups is 3. The van der Waals surface area contributed by atoms with Crippen molar-refractivity contribution in [2.75, 3.05) is 0 Å². The number of hydrogen-bond donors (Lipinski definition) is 9. The number of nitrogens with one attached hydrogen (secondary N) is 3. The predicted molar refractivity (Wildman–Crippen MR) is 145 cm³/mol. The highest BCUT2D eigenvalue weighted by atomic mass is 16.6. The van der Waals surface area contributed by atoms with Gasteiger partial charge >= 0.3 is 11.7 Å². The molecule has 43 heavy (non-hydrogen) atoms. The molecule has 1 saturated heterocycles.